The molecule has 1 rings (SSSR count). The van der Waals surface area contributed by atoms with Gasteiger partial charge in [-0.1, -0.05) is 0 Å². The Labute approximate surface area is 72.8 Å². The van der Waals surface area contributed by atoms with Crippen LogP contribution in [-0.4, -0.2) is 10.8 Å². The van der Waals surface area contributed by atoms with Crippen LogP contribution in [0.15, 0.2) is 12.1 Å². The Morgan fingerprint density at radius 1 is 1.27 bits per heavy atom. The maximum Gasteiger partial charge on any atom is 0.0762 e. The molecule has 1 aromatic heterocycles. The summed E-state index contributed by atoms with van der Waals surface area (Å²) in [4.78, 5) is 0. The molecule has 0 aromatic carbocycles. The molecular formula is C9H15NS. The van der Waals surface area contributed by atoms with E-state index in [0.29, 0.717) is 5.37 Å². The second-order valence-electron chi connectivity index (χ2n) is 2.82. The maximum absolute atomic E-state index is 2.35. The van der Waals surface area contributed by atoms with Crippen molar-refractivity contribution in [1.82, 2.24) is 4.57 Å². The fourth-order valence-electron chi connectivity index (χ4n) is 1.36. The molecular weight excluding hydrogens is 154 g/mol. The average Bonchev–Trinajstić information content (AvgIpc) is 2.30. The van der Waals surface area contributed by atoms with E-state index in [9.17, 15) is 0 Å². The molecule has 0 bridgehead atoms. The first-order chi connectivity index (χ1) is 5.16. The van der Waals surface area contributed by atoms with Crippen LogP contribution in [0.25, 0.3) is 0 Å². The number of aryl methyl sites for hydroxylation is 2. The Morgan fingerprint density at radius 2 is 1.73 bits per heavy atom. The third kappa shape index (κ3) is 1.62. The Morgan fingerprint density at radius 3 is 2.09 bits per heavy atom. The summed E-state index contributed by atoms with van der Waals surface area (Å²) in [5, 5.41) is 0.560. The van der Waals surface area contributed by atoms with Crippen LogP contribution in [-0.2, 0) is 0 Å². The largest absolute Gasteiger partial charge is 0.337 e. The highest BCUT2D eigenvalue weighted by atomic mass is 32.2. The molecule has 0 radical (unpaired) electrons. The maximum atomic E-state index is 2.35. The lowest BCUT2D eigenvalue weighted by molar-refractivity contribution is 0.700. The zero-order chi connectivity index (χ0) is 8.43. The van der Waals surface area contributed by atoms with Gasteiger partial charge in [-0.3, -0.25) is 0 Å². The van der Waals surface area contributed by atoms with Crippen LogP contribution < -0.4 is 0 Å². The number of hydrogen-bond donors (Lipinski definition) is 0. The van der Waals surface area contributed by atoms with E-state index < -0.39 is 0 Å². The highest BCUT2D eigenvalue weighted by Gasteiger charge is 2.06. The van der Waals surface area contributed by atoms with Crippen LogP contribution in [0.2, 0.25) is 0 Å². The minimum Gasteiger partial charge on any atom is -0.337 e. The van der Waals surface area contributed by atoms with Gasteiger partial charge in [-0.05, 0) is 39.2 Å². The van der Waals surface area contributed by atoms with Crippen molar-refractivity contribution in [2.75, 3.05) is 6.26 Å². The zero-order valence-electron chi connectivity index (χ0n) is 7.59. The zero-order valence-corrected chi connectivity index (χ0v) is 8.40. The summed E-state index contributed by atoms with van der Waals surface area (Å²) < 4.78 is 2.35. The Hall–Kier alpha value is -0.370. The molecule has 1 nitrogen and oxygen atoms in total. The topological polar surface area (TPSA) is 4.93 Å². The monoisotopic (exact) mass is 169 g/mol. The van der Waals surface area contributed by atoms with E-state index in [1.807, 2.05) is 11.8 Å². The van der Waals surface area contributed by atoms with Gasteiger partial charge in [0.2, 0.25) is 0 Å². The van der Waals surface area contributed by atoms with Crippen molar-refractivity contribution in [3.63, 3.8) is 0 Å². The van der Waals surface area contributed by atoms with Crippen LogP contribution in [0.1, 0.15) is 23.7 Å². The second kappa shape index (κ2) is 3.35. The van der Waals surface area contributed by atoms with Crippen molar-refractivity contribution in [3.05, 3.63) is 23.5 Å². The van der Waals surface area contributed by atoms with Gasteiger partial charge in [0.15, 0.2) is 0 Å². The number of thioether (sulfide) groups is 1. The van der Waals surface area contributed by atoms with E-state index >= 15 is 0 Å². The number of nitrogens with zero attached hydrogens (tertiary/aromatic N) is 1. The molecule has 0 saturated heterocycles. The Kier molecular flexibility index (Phi) is 2.66. The summed E-state index contributed by atoms with van der Waals surface area (Å²) in [5.41, 5.74) is 2.70. The first kappa shape index (κ1) is 8.72. The van der Waals surface area contributed by atoms with Crippen LogP contribution >= 0.6 is 11.8 Å². The fraction of sp³-hybridized carbons (Fsp3) is 0.556. The van der Waals surface area contributed by atoms with Gasteiger partial charge >= 0.3 is 0 Å². The molecule has 1 heterocycles. The van der Waals surface area contributed by atoms with Crippen LogP contribution in [0.5, 0.6) is 0 Å². The Bertz CT molecular complexity index is 220. The lowest BCUT2D eigenvalue weighted by atomic mass is 10.5. The van der Waals surface area contributed by atoms with Gasteiger partial charge in [0, 0.05) is 11.4 Å². The van der Waals surface area contributed by atoms with E-state index in [4.69, 9.17) is 0 Å². The molecule has 0 amide bonds. The SMILES string of the molecule is CSC(C)n1c(C)ccc1C. The van der Waals surface area contributed by atoms with E-state index in [2.05, 4.69) is 43.7 Å². The van der Waals surface area contributed by atoms with E-state index in [1.54, 1.807) is 0 Å². The quantitative estimate of drug-likeness (QED) is 0.659. The summed E-state index contributed by atoms with van der Waals surface area (Å²) in [6.45, 7) is 6.53. The van der Waals surface area contributed by atoms with Crippen LogP contribution in [0.4, 0.5) is 0 Å². The van der Waals surface area contributed by atoms with E-state index in [-0.39, 0.29) is 0 Å². The van der Waals surface area contributed by atoms with E-state index in [1.165, 1.54) is 11.4 Å². The first-order valence-electron chi connectivity index (χ1n) is 3.84. The first-order valence-corrected chi connectivity index (χ1v) is 5.13. The molecule has 2 heteroatoms. The van der Waals surface area contributed by atoms with Gasteiger partial charge in [-0.15, -0.1) is 11.8 Å². The summed E-state index contributed by atoms with van der Waals surface area (Å²) in [7, 11) is 0. The predicted octanol–water partition coefficient (Wildman–Crippen LogP) is 2.99. The highest BCUT2D eigenvalue weighted by Crippen LogP contribution is 2.23. The minimum absolute atomic E-state index is 0.560. The van der Waals surface area contributed by atoms with Gasteiger partial charge in [0.1, 0.15) is 0 Å². The Balaban J connectivity index is 3.00. The molecule has 0 saturated carbocycles. The van der Waals surface area contributed by atoms with Crippen molar-refractivity contribution in [2.24, 2.45) is 0 Å². The molecule has 1 atom stereocenters. The molecule has 0 spiro atoms. The summed E-state index contributed by atoms with van der Waals surface area (Å²) in [5.74, 6) is 0. The van der Waals surface area contributed by atoms with Gasteiger partial charge in [-0.2, -0.15) is 0 Å². The molecule has 0 aliphatic rings. The lowest BCUT2D eigenvalue weighted by Gasteiger charge is -2.15. The summed E-state index contributed by atoms with van der Waals surface area (Å²) >= 11 is 1.87. The van der Waals surface area contributed by atoms with Gasteiger partial charge < -0.3 is 4.57 Å². The molecule has 0 N–H and O–H groups in total. The molecule has 1 unspecified atom stereocenters. The molecule has 0 aliphatic carbocycles. The van der Waals surface area contributed by atoms with Gasteiger partial charge in [0.05, 0.1) is 5.37 Å². The van der Waals surface area contributed by atoms with Gasteiger partial charge in [0.25, 0.3) is 0 Å². The van der Waals surface area contributed by atoms with Crippen molar-refractivity contribution in [1.29, 1.82) is 0 Å². The molecule has 0 fully saturated rings. The molecule has 11 heavy (non-hydrogen) atoms. The third-order valence-electron chi connectivity index (χ3n) is 2.03. The normalized spacial score (nSPS) is 13.5. The van der Waals surface area contributed by atoms with Crippen molar-refractivity contribution in [3.8, 4) is 0 Å². The highest BCUT2D eigenvalue weighted by molar-refractivity contribution is 7.98. The average molecular weight is 169 g/mol. The smallest absolute Gasteiger partial charge is 0.0762 e. The van der Waals surface area contributed by atoms with Crippen LogP contribution in [0.3, 0.4) is 0 Å². The number of rotatable bonds is 2. The minimum atomic E-state index is 0.560. The fourth-order valence-corrected chi connectivity index (χ4v) is 1.90. The van der Waals surface area contributed by atoms with Crippen molar-refractivity contribution in [2.45, 2.75) is 26.1 Å². The standard InChI is InChI=1S/C9H15NS/c1-7-5-6-8(2)10(7)9(3)11-4/h5-6,9H,1-4H3. The van der Waals surface area contributed by atoms with Crippen LogP contribution in [0, 0.1) is 13.8 Å². The van der Waals surface area contributed by atoms with E-state index in [0.717, 1.165) is 0 Å². The predicted molar refractivity (Wildman–Crippen MR) is 52.1 cm³/mol. The summed E-state index contributed by atoms with van der Waals surface area (Å²) in [6.07, 6.45) is 2.14. The molecule has 62 valence electrons. The number of hydrogen-bond acceptors (Lipinski definition) is 1. The van der Waals surface area contributed by atoms with Crippen molar-refractivity contribution < 1.29 is 0 Å². The third-order valence-corrected chi connectivity index (χ3v) is 2.92. The lowest BCUT2D eigenvalue weighted by Crippen LogP contribution is -2.04. The molecule has 1 aromatic rings. The van der Waals surface area contributed by atoms with Gasteiger partial charge in [-0.25, -0.2) is 0 Å². The van der Waals surface area contributed by atoms with Crippen molar-refractivity contribution >= 4 is 11.8 Å². The second-order valence-corrected chi connectivity index (χ2v) is 3.97. The number of aromatic nitrogens is 1. The molecule has 0 aliphatic heterocycles. The summed E-state index contributed by atoms with van der Waals surface area (Å²) in [6, 6.07) is 4.34.